The third kappa shape index (κ3) is 2.33. The SMILES string of the molecule is CC(Nc1ccc(-c2cnc[nH]2)cc1)C1CC1. The lowest BCUT2D eigenvalue weighted by molar-refractivity contribution is 0.694. The Kier molecular flexibility index (Phi) is 2.59. The van der Waals surface area contributed by atoms with Crippen LogP contribution in [0.4, 0.5) is 5.69 Å². The van der Waals surface area contributed by atoms with Crippen LogP contribution in [0.3, 0.4) is 0 Å². The van der Waals surface area contributed by atoms with Crippen molar-refractivity contribution in [3.8, 4) is 11.3 Å². The molecule has 3 rings (SSSR count). The average molecular weight is 227 g/mol. The standard InChI is InChI=1S/C14H17N3/c1-10(11-2-3-11)17-13-6-4-12(5-7-13)14-8-15-9-16-14/h4-11,17H,2-3H2,1H3,(H,15,16). The fourth-order valence-electron chi connectivity index (χ4n) is 2.14. The summed E-state index contributed by atoms with van der Waals surface area (Å²) in [6.07, 6.45) is 6.30. The quantitative estimate of drug-likeness (QED) is 0.841. The average Bonchev–Trinajstić information content (AvgIpc) is 3.07. The van der Waals surface area contributed by atoms with E-state index in [0.717, 1.165) is 11.6 Å². The van der Waals surface area contributed by atoms with Crippen LogP contribution in [0.5, 0.6) is 0 Å². The van der Waals surface area contributed by atoms with Gasteiger partial charge in [-0.25, -0.2) is 4.98 Å². The Labute approximate surface area is 101 Å². The normalized spacial score (nSPS) is 16.8. The van der Waals surface area contributed by atoms with E-state index < -0.39 is 0 Å². The number of H-pyrrole nitrogens is 1. The maximum atomic E-state index is 4.03. The Morgan fingerprint density at radius 2 is 2.06 bits per heavy atom. The van der Waals surface area contributed by atoms with Crippen LogP contribution in [0.1, 0.15) is 19.8 Å². The Hall–Kier alpha value is -1.77. The van der Waals surface area contributed by atoms with Crippen LogP contribution in [0, 0.1) is 5.92 Å². The number of imidazole rings is 1. The van der Waals surface area contributed by atoms with Gasteiger partial charge in [-0.05, 0) is 43.4 Å². The smallest absolute Gasteiger partial charge is 0.0924 e. The van der Waals surface area contributed by atoms with E-state index in [4.69, 9.17) is 0 Å². The molecule has 0 spiro atoms. The highest BCUT2D eigenvalue weighted by molar-refractivity contribution is 5.62. The fraction of sp³-hybridized carbons (Fsp3) is 0.357. The first kappa shape index (κ1) is 10.4. The maximum absolute atomic E-state index is 4.03. The number of benzene rings is 1. The molecule has 3 nitrogen and oxygen atoms in total. The molecule has 1 fully saturated rings. The van der Waals surface area contributed by atoms with Crippen molar-refractivity contribution >= 4 is 5.69 Å². The van der Waals surface area contributed by atoms with Crippen molar-refractivity contribution in [2.24, 2.45) is 5.92 Å². The molecule has 1 aliphatic rings. The van der Waals surface area contributed by atoms with Gasteiger partial charge in [-0.2, -0.15) is 0 Å². The molecule has 2 aromatic rings. The van der Waals surface area contributed by atoms with Crippen molar-refractivity contribution in [1.82, 2.24) is 9.97 Å². The number of rotatable bonds is 4. The predicted molar refractivity (Wildman–Crippen MR) is 69.8 cm³/mol. The van der Waals surface area contributed by atoms with Gasteiger partial charge in [0.1, 0.15) is 0 Å². The van der Waals surface area contributed by atoms with Gasteiger partial charge in [0.25, 0.3) is 0 Å². The zero-order valence-electron chi connectivity index (χ0n) is 9.98. The number of hydrogen-bond donors (Lipinski definition) is 2. The van der Waals surface area contributed by atoms with Crippen molar-refractivity contribution < 1.29 is 0 Å². The van der Waals surface area contributed by atoms with E-state index in [-0.39, 0.29) is 0 Å². The van der Waals surface area contributed by atoms with Crippen molar-refractivity contribution in [2.45, 2.75) is 25.8 Å². The molecular weight excluding hydrogens is 210 g/mol. The van der Waals surface area contributed by atoms with Gasteiger partial charge in [0.2, 0.25) is 0 Å². The van der Waals surface area contributed by atoms with Gasteiger partial charge in [-0.1, -0.05) is 12.1 Å². The Bertz CT molecular complexity index is 469. The van der Waals surface area contributed by atoms with E-state index in [2.05, 4.69) is 46.5 Å². The van der Waals surface area contributed by atoms with E-state index in [0.29, 0.717) is 6.04 Å². The van der Waals surface area contributed by atoms with Crippen LogP contribution in [-0.2, 0) is 0 Å². The zero-order valence-corrected chi connectivity index (χ0v) is 9.98. The number of nitrogens with zero attached hydrogens (tertiary/aromatic N) is 1. The molecule has 1 atom stereocenters. The van der Waals surface area contributed by atoms with Gasteiger partial charge >= 0.3 is 0 Å². The number of nitrogens with one attached hydrogen (secondary N) is 2. The summed E-state index contributed by atoms with van der Waals surface area (Å²) >= 11 is 0. The van der Waals surface area contributed by atoms with Crippen molar-refractivity contribution in [2.75, 3.05) is 5.32 Å². The highest BCUT2D eigenvalue weighted by Gasteiger charge is 2.27. The Balaban J connectivity index is 1.71. The minimum absolute atomic E-state index is 0.591. The zero-order chi connectivity index (χ0) is 11.7. The van der Waals surface area contributed by atoms with Crippen LogP contribution in [0.2, 0.25) is 0 Å². The van der Waals surface area contributed by atoms with Crippen molar-refractivity contribution in [3.05, 3.63) is 36.8 Å². The highest BCUT2D eigenvalue weighted by atomic mass is 14.9. The summed E-state index contributed by atoms with van der Waals surface area (Å²) in [5.41, 5.74) is 3.44. The summed E-state index contributed by atoms with van der Waals surface area (Å²) < 4.78 is 0. The molecule has 0 bridgehead atoms. The first-order valence-electron chi connectivity index (χ1n) is 6.18. The van der Waals surface area contributed by atoms with Crippen LogP contribution < -0.4 is 5.32 Å². The topological polar surface area (TPSA) is 40.7 Å². The molecule has 3 heteroatoms. The maximum Gasteiger partial charge on any atom is 0.0924 e. The summed E-state index contributed by atoms with van der Waals surface area (Å²) in [5, 5.41) is 3.55. The second-order valence-electron chi connectivity index (χ2n) is 4.81. The Morgan fingerprint density at radius 1 is 1.29 bits per heavy atom. The molecule has 0 saturated heterocycles. The number of anilines is 1. The predicted octanol–water partition coefficient (Wildman–Crippen LogP) is 3.29. The van der Waals surface area contributed by atoms with Crippen LogP contribution in [-0.4, -0.2) is 16.0 Å². The summed E-state index contributed by atoms with van der Waals surface area (Å²) in [4.78, 5) is 7.14. The molecule has 1 aromatic heterocycles. The largest absolute Gasteiger partial charge is 0.382 e. The Morgan fingerprint density at radius 3 is 2.65 bits per heavy atom. The highest BCUT2D eigenvalue weighted by Crippen LogP contribution is 2.34. The van der Waals surface area contributed by atoms with Gasteiger partial charge in [-0.15, -0.1) is 0 Å². The van der Waals surface area contributed by atoms with Gasteiger partial charge in [0.05, 0.1) is 18.2 Å². The number of aromatic nitrogens is 2. The molecule has 1 saturated carbocycles. The lowest BCUT2D eigenvalue weighted by Gasteiger charge is -2.14. The van der Waals surface area contributed by atoms with Gasteiger partial charge in [0, 0.05) is 11.7 Å². The summed E-state index contributed by atoms with van der Waals surface area (Å²) in [7, 11) is 0. The van der Waals surface area contributed by atoms with Crippen LogP contribution in [0.15, 0.2) is 36.8 Å². The molecule has 88 valence electrons. The fourth-order valence-corrected chi connectivity index (χ4v) is 2.14. The minimum Gasteiger partial charge on any atom is -0.382 e. The third-order valence-corrected chi connectivity index (χ3v) is 3.42. The molecule has 1 aliphatic carbocycles. The summed E-state index contributed by atoms with van der Waals surface area (Å²) in [5.74, 6) is 0.877. The second-order valence-corrected chi connectivity index (χ2v) is 4.81. The van der Waals surface area contributed by atoms with Crippen molar-refractivity contribution in [3.63, 3.8) is 0 Å². The molecule has 1 unspecified atom stereocenters. The molecule has 0 aliphatic heterocycles. The van der Waals surface area contributed by atoms with E-state index in [1.165, 1.54) is 24.1 Å². The van der Waals surface area contributed by atoms with E-state index in [1.54, 1.807) is 6.33 Å². The lowest BCUT2D eigenvalue weighted by Crippen LogP contribution is -2.16. The first-order valence-corrected chi connectivity index (χ1v) is 6.18. The summed E-state index contributed by atoms with van der Waals surface area (Å²) in [6.45, 7) is 2.26. The third-order valence-electron chi connectivity index (χ3n) is 3.42. The first-order chi connectivity index (χ1) is 8.33. The van der Waals surface area contributed by atoms with Crippen LogP contribution >= 0.6 is 0 Å². The molecular formula is C14H17N3. The van der Waals surface area contributed by atoms with E-state index >= 15 is 0 Å². The molecule has 0 radical (unpaired) electrons. The van der Waals surface area contributed by atoms with Crippen LogP contribution in [0.25, 0.3) is 11.3 Å². The lowest BCUT2D eigenvalue weighted by atomic mass is 10.1. The van der Waals surface area contributed by atoms with E-state index in [1.807, 2.05) is 6.20 Å². The van der Waals surface area contributed by atoms with E-state index in [9.17, 15) is 0 Å². The van der Waals surface area contributed by atoms with Crippen molar-refractivity contribution in [1.29, 1.82) is 0 Å². The summed E-state index contributed by atoms with van der Waals surface area (Å²) in [6, 6.07) is 9.10. The van der Waals surface area contributed by atoms with Gasteiger partial charge < -0.3 is 10.3 Å². The second kappa shape index (κ2) is 4.24. The molecule has 17 heavy (non-hydrogen) atoms. The molecule has 0 amide bonds. The molecule has 1 aromatic carbocycles. The number of hydrogen-bond acceptors (Lipinski definition) is 2. The number of aromatic amines is 1. The van der Waals surface area contributed by atoms with Gasteiger partial charge in [0.15, 0.2) is 0 Å². The minimum atomic E-state index is 0.591. The molecule has 2 N–H and O–H groups in total. The van der Waals surface area contributed by atoms with Gasteiger partial charge in [-0.3, -0.25) is 0 Å². The monoisotopic (exact) mass is 227 g/mol. The molecule has 1 heterocycles.